The number of amides is 1. The first-order valence-corrected chi connectivity index (χ1v) is 6.14. The largest absolute Gasteiger partial charge is 0.389 e. The number of aliphatic hydroxyl groups is 1. The zero-order valence-corrected chi connectivity index (χ0v) is 10.8. The smallest absolute Gasteiger partial charge is 0.236 e. The maximum Gasteiger partial charge on any atom is 0.236 e. The van der Waals surface area contributed by atoms with Crippen molar-refractivity contribution in [2.75, 3.05) is 53.1 Å². The summed E-state index contributed by atoms with van der Waals surface area (Å²) in [6, 6.07) is -0.354. The van der Waals surface area contributed by atoms with Crippen LogP contribution in [-0.4, -0.2) is 81.2 Å². The number of primary amides is 1. The molecular weight excluding hydrogens is 238 g/mol. The predicted molar refractivity (Wildman–Crippen MR) is 66.1 cm³/mol. The molecule has 1 amide bonds. The van der Waals surface area contributed by atoms with E-state index in [0.717, 1.165) is 6.54 Å². The first-order valence-electron chi connectivity index (χ1n) is 6.14. The maximum absolute atomic E-state index is 11.3. The molecule has 7 heteroatoms. The lowest BCUT2D eigenvalue weighted by Crippen LogP contribution is -2.58. The number of carbonyl (C=O) groups is 1. The summed E-state index contributed by atoms with van der Waals surface area (Å²) in [6.45, 7) is 3.61. The van der Waals surface area contributed by atoms with Crippen molar-refractivity contribution >= 4 is 5.91 Å². The number of nitrogens with two attached hydrogens (primary N) is 1. The third kappa shape index (κ3) is 5.28. The number of β-amino-alcohol motifs (C(OH)–C–C–N with tert-alkyl or cyclic N) is 1. The van der Waals surface area contributed by atoms with E-state index in [1.807, 2.05) is 4.90 Å². The Balaban J connectivity index is 2.27. The van der Waals surface area contributed by atoms with Crippen molar-refractivity contribution in [3.8, 4) is 0 Å². The van der Waals surface area contributed by atoms with Gasteiger partial charge in [0.05, 0.1) is 25.9 Å². The van der Waals surface area contributed by atoms with Crippen molar-refractivity contribution in [1.82, 2.24) is 10.2 Å². The topological polar surface area (TPSA) is 97.1 Å². The standard InChI is InChI=1S/C11H23N3O4/c1-17-4-5-18-8-9(15)7-14-3-2-13-6-10(14)11(12)16/h9-10,13,15H,2-8H2,1H3,(H2,12,16). The summed E-state index contributed by atoms with van der Waals surface area (Å²) in [5.74, 6) is -0.366. The summed E-state index contributed by atoms with van der Waals surface area (Å²) >= 11 is 0. The van der Waals surface area contributed by atoms with Crippen molar-refractivity contribution in [1.29, 1.82) is 0 Å². The third-order valence-corrected chi connectivity index (χ3v) is 2.87. The summed E-state index contributed by atoms with van der Waals surface area (Å²) in [5.41, 5.74) is 5.32. The SMILES string of the molecule is COCCOCC(O)CN1CCNCC1C(N)=O. The lowest BCUT2D eigenvalue weighted by atomic mass is 10.1. The summed E-state index contributed by atoms with van der Waals surface area (Å²) in [7, 11) is 1.60. The Kier molecular flexibility index (Phi) is 7.14. The molecular formula is C11H23N3O4. The van der Waals surface area contributed by atoms with Crippen LogP contribution in [0, 0.1) is 0 Å². The summed E-state index contributed by atoms with van der Waals surface area (Å²) in [4.78, 5) is 13.1. The van der Waals surface area contributed by atoms with E-state index in [4.69, 9.17) is 15.2 Å². The molecule has 0 aliphatic carbocycles. The average Bonchev–Trinajstić information content (AvgIpc) is 2.35. The highest BCUT2D eigenvalue weighted by atomic mass is 16.5. The van der Waals surface area contributed by atoms with Gasteiger partial charge in [0.25, 0.3) is 0 Å². The third-order valence-electron chi connectivity index (χ3n) is 2.87. The maximum atomic E-state index is 11.3. The number of nitrogens with zero attached hydrogens (tertiary/aromatic N) is 1. The molecule has 0 saturated carbocycles. The van der Waals surface area contributed by atoms with Crippen LogP contribution in [0.1, 0.15) is 0 Å². The molecule has 0 bridgehead atoms. The number of hydrogen-bond donors (Lipinski definition) is 3. The van der Waals surface area contributed by atoms with E-state index >= 15 is 0 Å². The van der Waals surface area contributed by atoms with Crippen LogP contribution >= 0.6 is 0 Å². The summed E-state index contributed by atoms with van der Waals surface area (Å²) < 4.78 is 10.1. The Morgan fingerprint density at radius 1 is 1.61 bits per heavy atom. The van der Waals surface area contributed by atoms with Gasteiger partial charge in [0.2, 0.25) is 5.91 Å². The number of aliphatic hydroxyl groups excluding tert-OH is 1. The Morgan fingerprint density at radius 3 is 3.06 bits per heavy atom. The zero-order chi connectivity index (χ0) is 13.4. The number of ether oxygens (including phenoxy) is 2. The van der Waals surface area contributed by atoms with Gasteiger partial charge < -0.3 is 25.6 Å². The monoisotopic (exact) mass is 261 g/mol. The van der Waals surface area contributed by atoms with Crippen LogP contribution in [-0.2, 0) is 14.3 Å². The average molecular weight is 261 g/mol. The van der Waals surface area contributed by atoms with Crippen LogP contribution in [0.3, 0.4) is 0 Å². The van der Waals surface area contributed by atoms with Crippen LogP contribution in [0.2, 0.25) is 0 Å². The van der Waals surface area contributed by atoms with E-state index in [1.165, 1.54) is 0 Å². The lowest BCUT2D eigenvalue weighted by molar-refractivity contribution is -0.124. The Bertz CT molecular complexity index is 252. The summed E-state index contributed by atoms with van der Waals surface area (Å²) in [6.07, 6.45) is -0.623. The van der Waals surface area contributed by atoms with E-state index in [1.54, 1.807) is 7.11 Å². The fraction of sp³-hybridized carbons (Fsp3) is 0.909. The normalized spacial score (nSPS) is 22.9. The van der Waals surface area contributed by atoms with E-state index in [-0.39, 0.29) is 18.6 Å². The minimum Gasteiger partial charge on any atom is -0.389 e. The summed E-state index contributed by atoms with van der Waals surface area (Å²) in [5, 5.41) is 12.9. The van der Waals surface area contributed by atoms with Gasteiger partial charge in [-0.15, -0.1) is 0 Å². The lowest BCUT2D eigenvalue weighted by Gasteiger charge is -2.35. The van der Waals surface area contributed by atoms with Gasteiger partial charge in [-0.1, -0.05) is 0 Å². The van der Waals surface area contributed by atoms with Gasteiger partial charge in [-0.05, 0) is 0 Å². The van der Waals surface area contributed by atoms with Crippen LogP contribution in [0.25, 0.3) is 0 Å². The molecule has 0 aromatic carbocycles. The van der Waals surface area contributed by atoms with Gasteiger partial charge in [0.15, 0.2) is 0 Å². The highest BCUT2D eigenvalue weighted by Crippen LogP contribution is 2.04. The number of piperazine rings is 1. The molecule has 1 aliphatic heterocycles. The molecule has 18 heavy (non-hydrogen) atoms. The molecule has 0 aromatic rings. The van der Waals surface area contributed by atoms with Gasteiger partial charge in [-0.3, -0.25) is 9.69 Å². The van der Waals surface area contributed by atoms with Crippen LogP contribution < -0.4 is 11.1 Å². The van der Waals surface area contributed by atoms with Crippen LogP contribution in [0.5, 0.6) is 0 Å². The minimum absolute atomic E-state index is 0.235. The van der Waals surface area contributed by atoms with Crippen molar-refractivity contribution in [3.05, 3.63) is 0 Å². The fourth-order valence-electron chi connectivity index (χ4n) is 1.93. The van der Waals surface area contributed by atoms with Crippen molar-refractivity contribution in [2.45, 2.75) is 12.1 Å². The molecule has 1 fully saturated rings. The van der Waals surface area contributed by atoms with Gasteiger partial charge in [-0.2, -0.15) is 0 Å². The molecule has 1 rings (SSSR count). The molecule has 2 atom stereocenters. The fourth-order valence-corrected chi connectivity index (χ4v) is 1.93. The second-order valence-electron chi connectivity index (χ2n) is 4.34. The molecule has 7 nitrogen and oxygen atoms in total. The second-order valence-corrected chi connectivity index (χ2v) is 4.34. The minimum atomic E-state index is -0.623. The molecule has 0 aromatic heterocycles. The molecule has 1 heterocycles. The Labute approximate surface area is 107 Å². The van der Waals surface area contributed by atoms with Crippen LogP contribution in [0.15, 0.2) is 0 Å². The van der Waals surface area contributed by atoms with E-state index in [9.17, 15) is 9.90 Å². The number of carbonyl (C=O) groups excluding carboxylic acids is 1. The Morgan fingerprint density at radius 2 is 2.39 bits per heavy atom. The van der Waals surface area contributed by atoms with Crippen molar-refractivity contribution < 1.29 is 19.4 Å². The van der Waals surface area contributed by atoms with Gasteiger partial charge in [0.1, 0.15) is 6.04 Å². The van der Waals surface area contributed by atoms with E-state index < -0.39 is 6.10 Å². The first kappa shape index (κ1) is 15.3. The molecule has 4 N–H and O–H groups in total. The van der Waals surface area contributed by atoms with Gasteiger partial charge in [0, 0.05) is 33.3 Å². The van der Waals surface area contributed by atoms with Crippen LogP contribution in [0.4, 0.5) is 0 Å². The molecule has 1 aliphatic rings. The quantitative estimate of drug-likeness (QED) is 0.428. The molecule has 0 radical (unpaired) electrons. The highest BCUT2D eigenvalue weighted by molar-refractivity contribution is 5.80. The molecule has 106 valence electrons. The number of nitrogens with one attached hydrogen (secondary N) is 1. The molecule has 0 spiro atoms. The molecule has 1 saturated heterocycles. The number of hydrogen-bond acceptors (Lipinski definition) is 6. The zero-order valence-electron chi connectivity index (χ0n) is 10.8. The molecule has 2 unspecified atom stereocenters. The Hall–Kier alpha value is -0.730. The first-order chi connectivity index (χ1) is 8.65. The van der Waals surface area contributed by atoms with Gasteiger partial charge >= 0.3 is 0 Å². The highest BCUT2D eigenvalue weighted by Gasteiger charge is 2.28. The predicted octanol–water partition coefficient (Wildman–Crippen LogP) is -2.23. The van der Waals surface area contributed by atoms with E-state index in [0.29, 0.717) is 32.8 Å². The van der Waals surface area contributed by atoms with Gasteiger partial charge in [-0.25, -0.2) is 0 Å². The van der Waals surface area contributed by atoms with E-state index in [2.05, 4.69) is 5.32 Å². The second kappa shape index (κ2) is 8.39. The van der Waals surface area contributed by atoms with Crippen molar-refractivity contribution in [2.24, 2.45) is 5.73 Å². The number of rotatable bonds is 8. The number of methoxy groups -OCH3 is 1. The van der Waals surface area contributed by atoms with Crippen molar-refractivity contribution in [3.63, 3.8) is 0 Å².